The topological polar surface area (TPSA) is 95.7 Å². The maximum atomic E-state index is 12.3. The minimum absolute atomic E-state index is 0.0146. The Morgan fingerprint density at radius 1 is 1.00 bits per heavy atom. The number of hydrogen-bond acceptors (Lipinski definition) is 5. The van der Waals surface area contributed by atoms with Gasteiger partial charge >= 0.3 is 5.97 Å². The third-order valence-corrected chi connectivity index (χ3v) is 4.97. The summed E-state index contributed by atoms with van der Waals surface area (Å²) in [5.74, 6) is 0.269. The van der Waals surface area contributed by atoms with Gasteiger partial charge in [-0.2, -0.15) is 0 Å². The van der Waals surface area contributed by atoms with Gasteiger partial charge in [0.15, 0.2) is 0 Å². The highest BCUT2D eigenvalue weighted by molar-refractivity contribution is 7.89. The van der Waals surface area contributed by atoms with Crippen molar-refractivity contribution in [1.29, 1.82) is 0 Å². The molecule has 0 spiro atoms. The minimum atomic E-state index is -3.77. The molecule has 25 heavy (non-hydrogen) atoms. The van der Waals surface area contributed by atoms with E-state index in [1.165, 1.54) is 12.1 Å². The molecule has 0 saturated heterocycles. The van der Waals surface area contributed by atoms with E-state index in [1.54, 1.807) is 50.4 Å². The van der Waals surface area contributed by atoms with Crippen molar-refractivity contribution >= 4 is 27.1 Å². The molecule has 0 aliphatic carbocycles. The molecular weight excluding hydrogens is 342 g/mol. The van der Waals surface area contributed by atoms with Gasteiger partial charge in [0.25, 0.3) is 0 Å². The summed E-state index contributed by atoms with van der Waals surface area (Å²) in [4.78, 5) is 12.3. The first-order chi connectivity index (χ1) is 11.8. The highest BCUT2D eigenvalue weighted by Crippen LogP contribution is 2.37. The van der Waals surface area contributed by atoms with Crippen molar-refractivity contribution < 1.29 is 22.7 Å². The summed E-state index contributed by atoms with van der Waals surface area (Å²) in [5.41, 5.74) is 2.58. The molecule has 0 radical (unpaired) electrons. The molecule has 0 saturated carbocycles. The number of carbonyl (C=O) groups is 1. The molecule has 6 nitrogen and oxygen atoms in total. The van der Waals surface area contributed by atoms with Gasteiger partial charge in [-0.3, -0.25) is 0 Å². The molecule has 1 aliphatic heterocycles. The number of methoxy groups -OCH3 is 1. The first kappa shape index (κ1) is 17.2. The second-order valence-electron chi connectivity index (χ2n) is 5.63. The van der Waals surface area contributed by atoms with Gasteiger partial charge in [-0.15, -0.1) is 0 Å². The van der Waals surface area contributed by atoms with Crippen LogP contribution >= 0.6 is 0 Å². The van der Waals surface area contributed by atoms with Gasteiger partial charge < -0.3 is 9.47 Å². The van der Waals surface area contributed by atoms with Crippen molar-refractivity contribution in [2.45, 2.75) is 17.9 Å². The van der Waals surface area contributed by atoms with Gasteiger partial charge in [0.1, 0.15) is 11.9 Å². The van der Waals surface area contributed by atoms with Crippen molar-refractivity contribution in [3.8, 4) is 5.75 Å². The Bertz CT molecular complexity index is 944. The second-order valence-corrected chi connectivity index (χ2v) is 7.20. The Balaban J connectivity index is 2.11. The predicted octanol–water partition coefficient (Wildman–Crippen LogP) is 2.20. The molecule has 1 aliphatic rings. The van der Waals surface area contributed by atoms with E-state index in [0.717, 1.165) is 0 Å². The molecule has 1 heterocycles. The standard InChI is InChI=1S/C18H17NO5S/c1-11-16(12-5-9-15(10-6-12)25(19,21)22)17(18(20)24-11)13-3-7-14(23-2)8-4-13/h3-11H,1-2H3,(H2,19,21,22). The van der Waals surface area contributed by atoms with E-state index in [4.69, 9.17) is 14.6 Å². The molecular formula is C18H17NO5S. The van der Waals surface area contributed by atoms with Crippen LogP contribution in [0.5, 0.6) is 5.75 Å². The molecule has 2 N–H and O–H groups in total. The zero-order chi connectivity index (χ0) is 18.2. The monoisotopic (exact) mass is 359 g/mol. The zero-order valence-electron chi connectivity index (χ0n) is 13.7. The van der Waals surface area contributed by atoms with E-state index in [0.29, 0.717) is 28.0 Å². The SMILES string of the molecule is COc1ccc(C2=C(c3ccc(S(N)(=O)=O)cc3)C(C)OC2=O)cc1. The summed E-state index contributed by atoms with van der Waals surface area (Å²) in [5, 5.41) is 5.12. The van der Waals surface area contributed by atoms with Crippen molar-refractivity contribution in [2.24, 2.45) is 5.14 Å². The number of rotatable bonds is 4. The lowest BCUT2D eigenvalue weighted by Gasteiger charge is -2.10. The van der Waals surface area contributed by atoms with E-state index in [-0.39, 0.29) is 4.90 Å². The third-order valence-electron chi connectivity index (χ3n) is 4.04. The Hall–Kier alpha value is -2.64. The van der Waals surface area contributed by atoms with Crippen LogP contribution in [0.15, 0.2) is 53.4 Å². The van der Waals surface area contributed by atoms with Gasteiger partial charge in [0.05, 0.1) is 17.6 Å². The smallest absolute Gasteiger partial charge is 0.339 e. The Morgan fingerprint density at radius 3 is 2.08 bits per heavy atom. The summed E-state index contributed by atoms with van der Waals surface area (Å²) in [6.45, 7) is 1.78. The van der Waals surface area contributed by atoms with E-state index >= 15 is 0 Å². The van der Waals surface area contributed by atoms with Crippen LogP contribution < -0.4 is 9.88 Å². The van der Waals surface area contributed by atoms with Crippen LogP contribution in [0.1, 0.15) is 18.1 Å². The predicted molar refractivity (Wildman–Crippen MR) is 93.2 cm³/mol. The Morgan fingerprint density at radius 2 is 1.56 bits per heavy atom. The molecule has 2 aromatic rings. The molecule has 130 valence electrons. The van der Waals surface area contributed by atoms with Crippen molar-refractivity contribution in [3.05, 3.63) is 59.7 Å². The number of carbonyl (C=O) groups excluding carboxylic acids is 1. The largest absolute Gasteiger partial charge is 0.497 e. The maximum Gasteiger partial charge on any atom is 0.339 e. The number of hydrogen-bond donors (Lipinski definition) is 1. The molecule has 7 heteroatoms. The van der Waals surface area contributed by atoms with E-state index < -0.39 is 22.1 Å². The van der Waals surface area contributed by atoms with Gasteiger partial charge in [-0.05, 0) is 42.3 Å². The summed E-state index contributed by atoms with van der Waals surface area (Å²) in [6.07, 6.45) is -0.440. The molecule has 2 aromatic carbocycles. The lowest BCUT2D eigenvalue weighted by Crippen LogP contribution is -2.12. The summed E-state index contributed by atoms with van der Waals surface area (Å²) in [7, 11) is -2.20. The Labute approximate surface area is 145 Å². The van der Waals surface area contributed by atoms with Crippen LogP contribution in [0, 0.1) is 0 Å². The minimum Gasteiger partial charge on any atom is -0.497 e. The lowest BCUT2D eigenvalue weighted by molar-refractivity contribution is -0.136. The molecule has 3 rings (SSSR count). The van der Waals surface area contributed by atoms with E-state index in [9.17, 15) is 13.2 Å². The number of esters is 1. The van der Waals surface area contributed by atoms with Gasteiger partial charge in [0.2, 0.25) is 10.0 Å². The van der Waals surface area contributed by atoms with Crippen LogP contribution in [0.4, 0.5) is 0 Å². The highest BCUT2D eigenvalue weighted by atomic mass is 32.2. The zero-order valence-corrected chi connectivity index (χ0v) is 14.5. The van der Waals surface area contributed by atoms with E-state index in [1.807, 2.05) is 0 Å². The van der Waals surface area contributed by atoms with Crippen LogP contribution in [0.2, 0.25) is 0 Å². The van der Waals surface area contributed by atoms with Crippen molar-refractivity contribution in [2.75, 3.05) is 7.11 Å². The molecule has 0 amide bonds. The second kappa shape index (κ2) is 6.34. The third kappa shape index (κ3) is 3.29. The molecule has 0 aromatic heterocycles. The normalized spacial score (nSPS) is 17.6. The molecule has 0 bridgehead atoms. The number of nitrogens with two attached hydrogens (primary N) is 1. The van der Waals surface area contributed by atoms with Crippen LogP contribution in [-0.4, -0.2) is 27.6 Å². The fourth-order valence-electron chi connectivity index (χ4n) is 2.83. The fraction of sp³-hybridized carbons (Fsp3) is 0.167. The average Bonchev–Trinajstić information content (AvgIpc) is 2.88. The first-order valence-corrected chi connectivity index (χ1v) is 9.08. The number of cyclic esters (lactones) is 1. The van der Waals surface area contributed by atoms with Crippen LogP contribution in [-0.2, 0) is 19.6 Å². The Kier molecular flexibility index (Phi) is 4.36. The van der Waals surface area contributed by atoms with Gasteiger partial charge in [0, 0.05) is 5.57 Å². The quantitative estimate of drug-likeness (QED) is 0.844. The first-order valence-electron chi connectivity index (χ1n) is 7.54. The van der Waals surface area contributed by atoms with E-state index in [2.05, 4.69) is 0 Å². The summed E-state index contributed by atoms with van der Waals surface area (Å²) >= 11 is 0. The number of primary sulfonamides is 1. The molecule has 1 unspecified atom stereocenters. The van der Waals surface area contributed by atoms with Gasteiger partial charge in [-0.1, -0.05) is 24.3 Å². The number of sulfonamides is 1. The number of benzene rings is 2. The average molecular weight is 359 g/mol. The maximum absolute atomic E-state index is 12.3. The van der Waals surface area contributed by atoms with Crippen LogP contribution in [0.25, 0.3) is 11.1 Å². The fourth-order valence-corrected chi connectivity index (χ4v) is 3.34. The van der Waals surface area contributed by atoms with Gasteiger partial charge in [-0.25, -0.2) is 18.4 Å². The van der Waals surface area contributed by atoms with Crippen LogP contribution in [0.3, 0.4) is 0 Å². The summed E-state index contributed by atoms with van der Waals surface area (Å²) in [6, 6.07) is 13.2. The lowest BCUT2D eigenvalue weighted by atomic mass is 9.93. The summed E-state index contributed by atoms with van der Waals surface area (Å²) < 4.78 is 33.3. The molecule has 1 atom stereocenters. The van der Waals surface area contributed by atoms with Crippen molar-refractivity contribution in [3.63, 3.8) is 0 Å². The molecule has 0 fully saturated rings. The number of ether oxygens (including phenoxy) is 2. The van der Waals surface area contributed by atoms with Crippen molar-refractivity contribution in [1.82, 2.24) is 0 Å². The highest BCUT2D eigenvalue weighted by Gasteiger charge is 2.33.